The maximum absolute atomic E-state index is 11.8. The maximum atomic E-state index is 11.8. The van der Waals surface area contributed by atoms with Crippen LogP contribution in [0.2, 0.25) is 0 Å². The van der Waals surface area contributed by atoms with Crippen LogP contribution in [0.3, 0.4) is 0 Å². The molecule has 0 aliphatic carbocycles. The van der Waals surface area contributed by atoms with Crippen LogP contribution < -0.4 is 5.56 Å². The lowest BCUT2D eigenvalue weighted by Gasteiger charge is -2.06. The van der Waals surface area contributed by atoms with Crippen molar-refractivity contribution in [3.63, 3.8) is 0 Å². The Hall–Kier alpha value is -2.86. The Morgan fingerprint density at radius 2 is 1.82 bits per heavy atom. The minimum atomic E-state index is -0.130. The highest BCUT2D eigenvalue weighted by Crippen LogP contribution is 2.22. The lowest BCUT2D eigenvalue weighted by molar-refractivity contribution is 0.666. The number of hydrogen-bond donors (Lipinski definition) is 0. The summed E-state index contributed by atoms with van der Waals surface area (Å²) in [4.78, 5) is 11.8. The third kappa shape index (κ3) is 2.91. The van der Waals surface area contributed by atoms with Gasteiger partial charge in [0.15, 0.2) is 0 Å². The average Bonchev–Trinajstić information content (AvgIpc) is 2.56. The zero-order chi connectivity index (χ0) is 15.4. The summed E-state index contributed by atoms with van der Waals surface area (Å²) in [6.07, 6.45) is 0.777. The van der Waals surface area contributed by atoms with E-state index < -0.39 is 0 Å². The van der Waals surface area contributed by atoms with E-state index in [0.717, 1.165) is 23.1 Å². The Balaban J connectivity index is 2.02. The second-order valence-corrected chi connectivity index (χ2v) is 4.98. The molecule has 3 aromatic rings. The average molecular weight is 288 g/mol. The molecule has 1 heterocycles. The Morgan fingerprint density at radius 1 is 1.00 bits per heavy atom. The zero-order valence-corrected chi connectivity index (χ0v) is 12.4. The van der Waals surface area contributed by atoms with Gasteiger partial charge in [0, 0.05) is 18.1 Å². The molecule has 0 fully saturated rings. The SMILES string of the molecule is CCC#CCn1nc(-c2ccc3ccccc3c2)ccc1=O. The van der Waals surface area contributed by atoms with Crippen LogP contribution in [0.1, 0.15) is 13.3 Å². The second kappa shape index (κ2) is 6.28. The van der Waals surface area contributed by atoms with Crippen molar-refractivity contribution >= 4 is 10.8 Å². The number of aromatic nitrogens is 2. The first kappa shape index (κ1) is 14.1. The van der Waals surface area contributed by atoms with Crippen LogP contribution in [0, 0.1) is 11.8 Å². The van der Waals surface area contributed by atoms with Gasteiger partial charge in [0.25, 0.3) is 5.56 Å². The number of benzene rings is 2. The molecule has 0 spiro atoms. The van der Waals surface area contributed by atoms with Crippen LogP contribution in [0.4, 0.5) is 0 Å². The predicted molar refractivity (Wildman–Crippen MR) is 89.5 cm³/mol. The molecule has 3 nitrogen and oxygen atoms in total. The molecule has 0 aliphatic rings. The minimum Gasteiger partial charge on any atom is -0.268 e. The van der Waals surface area contributed by atoms with Gasteiger partial charge in [-0.1, -0.05) is 49.2 Å². The molecule has 0 saturated heterocycles. The van der Waals surface area contributed by atoms with Crippen LogP contribution in [0.5, 0.6) is 0 Å². The number of fused-ring (bicyclic) bond motifs is 1. The molecule has 0 saturated carbocycles. The lowest BCUT2D eigenvalue weighted by Crippen LogP contribution is -2.21. The van der Waals surface area contributed by atoms with Crippen molar-refractivity contribution in [3.8, 4) is 23.1 Å². The zero-order valence-electron chi connectivity index (χ0n) is 12.4. The fraction of sp³-hybridized carbons (Fsp3) is 0.158. The Kier molecular flexibility index (Phi) is 4.02. The van der Waals surface area contributed by atoms with Crippen molar-refractivity contribution in [3.05, 3.63) is 65.0 Å². The van der Waals surface area contributed by atoms with E-state index in [-0.39, 0.29) is 5.56 Å². The van der Waals surface area contributed by atoms with E-state index in [2.05, 4.69) is 41.2 Å². The molecule has 0 atom stereocenters. The van der Waals surface area contributed by atoms with Crippen molar-refractivity contribution in [2.75, 3.05) is 0 Å². The topological polar surface area (TPSA) is 34.9 Å². The van der Waals surface area contributed by atoms with Gasteiger partial charge in [-0.3, -0.25) is 4.79 Å². The Bertz CT molecular complexity index is 929. The maximum Gasteiger partial charge on any atom is 0.267 e. The highest BCUT2D eigenvalue weighted by Gasteiger charge is 2.04. The van der Waals surface area contributed by atoms with Crippen molar-refractivity contribution in [1.29, 1.82) is 0 Å². The number of rotatable bonds is 2. The van der Waals surface area contributed by atoms with Crippen molar-refractivity contribution in [2.45, 2.75) is 19.9 Å². The Labute approximate surface area is 129 Å². The third-order valence-corrected chi connectivity index (χ3v) is 3.44. The van der Waals surface area contributed by atoms with E-state index in [1.165, 1.54) is 10.1 Å². The summed E-state index contributed by atoms with van der Waals surface area (Å²) in [5, 5.41) is 6.77. The van der Waals surface area contributed by atoms with Crippen LogP contribution >= 0.6 is 0 Å². The van der Waals surface area contributed by atoms with Gasteiger partial charge in [0.1, 0.15) is 6.54 Å². The molecule has 0 bridgehead atoms. The van der Waals surface area contributed by atoms with Gasteiger partial charge in [-0.25, -0.2) is 4.68 Å². The molecule has 2 aromatic carbocycles. The van der Waals surface area contributed by atoms with Crippen molar-refractivity contribution in [2.24, 2.45) is 0 Å². The van der Waals surface area contributed by atoms with E-state index in [0.29, 0.717) is 6.54 Å². The monoisotopic (exact) mass is 288 g/mol. The van der Waals surface area contributed by atoms with Gasteiger partial charge in [-0.2, -0.15) is 5.10 Å². The van der Waals surface area contributed by atoms with Gasteiger partial charge >= 0.3 is 0 Å². The standard InChI is InChI=1S/C19H16N2O/c1-2-3-6-13-21-19(22)12-11-18(20-21)17-10-9-15-7-4-5-8-16(15)14-17/h4-5,7-12,14H,2,13H2,1H3. The first-order valence-electron chi connectivity index (χ1n) is 7.31. The molecule has 0 aliphatic heterocycles. The van der Waals surface area contributed by atoms with Crippen LogP contribution in [-0.2, 0) is 6.54 Å². The molecule has 1 aromatic heterocycles. The van der Waals surface area contributed by atoms with Crippen LogP contribution in [0.25, 0.3) is 22.0 Å². The normalized spacial score (nSPS) is 10.2. The smallest absolute Gasteiger partial charge is 0.267 e. The fourth-order valence-corrected chi connectivity index (χ4v) is 2.32. The second-order valence-electron chi connectivity index (χ2n) is 4.98. The molecule has 3 rings (SSSR count). The van der Waals surface area contributed by atoms with E-state index >= 15 is 0 Å². The van der Waals surface area contributed by atoms with Crippen LogP contribution in [-0.4, -0.2) is 9.78 Å². The summed E-state index contributed by atoms with van der Waals surface area (Å²) in [5.41, 5.74) is 1.65. The third-order valence-electron chi connectivity index (χ3n) is 3.44. The van der Waals surface area contributed by atoms with Gasteiger partial charge in [-0.15, -0.1) is 5.92 Å². The highest BCUT2D eigenvalue weighted by atomic mass is 16.1. The minimum absolute atomic E-state index is 0.130. The molecule has 0 radical (unpaired) electrons. The molecular weight excluding hydrogens is 272 g/mol. The van der Waals surface area contributed by atoms with Gasteiger partial charge in [-0.05, 0) is 22.9 Å². The summed E-state index contributed by atoms with van der Waals surface area (Å²) < 4.78 is 1.41. The first-order chi connectivity index (χ1) is 10.8. The van der Waals surface area contributed by atoms with E-state index in [1.807, 2.05) is 25.1 Å². The summed E-state index contributed by atoms with van der Waals surface area (Å²) in [6, 6.07) is 17.7. The fourth-order valence-electron chi connectivity index (χ4n) is 2.32. The van der Waals surface area contributed by atoms with Crippen molar-refractivity contribution < 1.29 is 0 Å². The van der Waals surface area contributed by atoms with Crippen LogP contribution in [0.15, 0.2) is 59.4 Å². The molecule has 22 heavy (non-hydrogen) atoms. The van der Waals surface area contributed by atoms with Gasteiger partial charge in [0.2, 0.25) is 0 Å². The number of nitrogens with zero attached hydrogens (tertiary/aromatic N) is 2. The largest absolute Gasteiger partial charge is 0.268 e. The molecule has 0 amide bonds. The van der Waals surface area contributed by atoms with E-state index in [9.17, 15) is 4.79 Å². The Morgan fingerprint density at radius 3 is 2.64 bits per heavy atom. The predicted octanol–water partition coefficient (Wildman–Crippen LogP) is 3.48. The molecule has 3 heteroatoms. The molecule has 108 valence electrons. The summed E-state index contributed by atoms with van der Waals surface area (Å²) >= 11 is 0. The van der Waals surface area contributed by atoms with E-state index in [4.69, 9.17) is 0 Å². The molecule has 0 unspecified atom stereocenters. The molecular formula is C19H16N2O. The highest BCUT2D eigenvalue weighted by molar-refractivity contribution is 5.86. The quantitative estimate of drug-likeness (QED) is 0.677. The van der Waals surface area contributed by atoms with Gasteiger partial charge < -0.3 is 0 Å². The van der Waals surface area contributed by atoms with Gasteiger partial charge in [0.05, 0.1) is 5.69 Å². The summed E-state index contributed by atoms with van der Waals surface area (Å²) in [7, 11) is 0. The van der Waals surface area contributed by atoms with E-state index in [1.54, 1.807) is 12.1 Å². The lowest BCUT2D eigenvalue weighted by atomic mass is 10.1. The summed E-state index contributed by atoms with van der Waals surface area (Å²) in [5.74, 6) is 5.91. The first-order valence-corrected chi connectivity index (χ1v) is 7.31. The molecule has 0 N–H and O–H groups in total. The summed E-state index contributed by atoms with van der Waals surface area (Å²) in [6.45, 7) is 2.31. The number of hydrogen-bond acceptors (Lipinski definition) is 2. The van der Waals surface area contributed by atoms with Crippen molar-refractivity contribution in [1.82, 2.24) is 9.78 Å².